The summed E-state index contributed by atoms with van der Waals surface area (Å²) < 4.78 is 24.2. The highest BCUT2D eigenvalue weighted by atomic mass is 19.3. The van der Waals surface area contributed by atoms with Gasteiger partial charge in [-0.2, -0.15) is 0 Å². The van der Waals surface area contributed by atoms with Gasteiger partial charge in [0.1, 0.15) is 0 Å². The molecule has 0 heterocycles. The second-order valence-electron chi connectivity index (χ2n) is 4.17. The van der Waals surface area contributed by atoms with Crippen molar-refractivity contribution in [2.45, 2.75) is 50.5 Å². The summed E-state index contributed by atoms with van der Waals surface area (Å²) in [4.78, 5) is 0. The van der Waals surface area contributed by atoms with E-state index in [0.717, 1.165) is 25.7 Å². The van der Waals surface area contributed by atoms with Gasteiger partial charge in [0, 0.05) is 12.1 Å². The molecular formula is C10H20F2N2. The summed E-state index contributed by atoms with van der Waals surface area (Å²) in [7, 11) is 0. The van der Waals surface area contributed by atoms with Crippen LogP contribution in [0.15, 0.2) is 0 Å². The number of hydrogen-bond acceptors (Lipinski definition) is 2. The Morgan fingerprint density at radius 3 is 2.14 bits per heavy atom. The molecule has 14 heavy (non-hydrogen) atoms. The zero-order valence-electron chi connectivity index (χ0n) is 8.57. The third-order valence-electron chi connectivity index (χ3n) is 3.08. The minimum absolute atomic E-state index is 0.215. The fourth-order valence-corrected chi connectivity index (χ4v) is 2.15. The molecule has 0 radical (unpaired) electrons. The molecule has 1 aliphatic carbocycles. The first kappa shape index (κ1) is 11.9. The maximum absolute atomic E-state index is 12.1. The highest BCUT2D eigenvalue weighted by molar-refractivity contribution is 4.90. The standard InChI is InChI=1S/C10H20F2N2/c11-9(12)7-14-10(8-13)5-3-1-2-4-6-10/h9,14H,1-8,13H2. The molecule has 0 aromatic heterocycles. The molecule has 0 saturated heterocycles. The quantitative estimate of drug-likeness (QED) is 0.689. The van der Waals surface area contributed by atoms with Gasteiger partial charge in [0.05, 0.1) is 6.54 Å². The molecule has 0 bridgehead atoms. The van der Waals surface area contributed by atoms with Gasteiger partial charge in [0.15, 0.2) is 0 Å². The molecule has 1 saturated carbocycles. The Hall–Kier alpha value is -0.220. The van der Waals surface area contributed by atoms with Crippen LogP contribution in [0.2, 0.25) is 0 Å². The van der Waals surface area contributed by atoms with Gasteiger partial charge in [0.25, 0.3) is 6.43 Å². The lowest BCUT2D eigenvalue weighted by Crippen LogP contribution is -2.52. The molecule has 0 unspecified atom stereocenters. The van der Waals surface area contributed by atoms with Crippen LogP contribution < -0.4 is 11.1 Å². The molecule has 4 heteroatoms. The topological polar surface area (TPSA) is 38.0 Å². The molecule has 3 N–H and O–H groups in total. The third-order valence-corrected chi connectivity index (χ3v) is 3.08. The lowest BCUT2D eigenvalue weighted by molar-refractivity contribution is 0.125. The molecule has 0 aromatic rings. The van der Waals surface area contributed by atoms with E-state index in [2.05, 4.69) is 5.32 Å². The van der Waals surface area contributed by atoms with Gasteiger partial charge in [-0.15, -0.1) is 0 Å². The predicted molar refractivity (Wildman–Crippen MR) is 53.5 cm³/mol. The Balaban J connectivity index is 2.45. The minimum Gasteiger partial charge on any atom is -0.329 e. The average molecular weight is 206 g/mol. The Morgan fingerprint density at radius 1 is 1.14 bits per heavy atom. The first-order chi connectivity index (χ1) is 6.68. The maximum Gasteiger partial charge on any atom is 0.250 e. The summed E-state index contributed by atoms with van der Waals surface area (Å²) in [5, 5.41) is 2.95. The summed E-state index contributed by atoms with van der Waals surface area (Å²) in [6.45, 7) is 0.247. The zero-order chi connectivity index (χ0) is 10.4. The van der Waals surface area contributed by atoms with E-state index >= 15 is 0 Å². The molecule has 0 aliphatic heterocycles. The summed E-state index contributed by atoms with van der Waals surface area (Å²) >= 11 is 0. The van der Waals surface area contributed by atoms with Gasteiger partial charge < -0.3 is 11.1 Å². The van der Waals surface area contributed by atoms with Gasteiger partial charge in [-0.25, -0.2) is 8.78 Å². The van der Waals surface area contributed by atoms with Crippen LogP contribution in [0.4, 0.5) is 8.78 Å². The van der Waals surface area contributed by atoms with Crippen LogP contribution in [-0.2, 0) is 0 Å². The molecule has 0 atom stereocenters. The fourth-order valence-electron chi connectivity index (χ4n) is 2.15. The number of nitrogens with one attached hydrogen (secondary N) is 1. The SMILES string of the molecule is NCC1(NCC(F)F)CCCCCC1. The smallest absolute Gasteiger partial charge is 0.250 e. The molecule has 0 aromatic carbocycles. The van der Waals surface area contributed by atoms with Crippen molar-refractivity contribution in [2.24, 2.45) is 5.73 Å². The number of alkyl halides is 2. The lowest BCUT2D eigenvalue weighted by Gasteiger charge is -2.32. The Labute approximate surface area is 84.2 Å². The third kappa shape index (κ3) is 3.50. The molecule has 0 spiro atoms. The average Bonchev–Trinajstić information content (AvgIpc) is 2.41. The lowest BCUT2D eigenvalue weighted by atomic mass is 9.90. The van der Waals surface area contributed by atoms with E-state index in [0.29, 0.717) is 6.54 Å². The molecule has 0 amide bonds. The van der Waals surface area contributed by atoms with Crippen LogP contribution >= 0.6 is 0 Å². The fraction of sp³-hybridized carbons (Fsp3) is 1.00. The highest BCUT2D eigenvalue weighted by Crippen LogP contribution is 2.26. The van der Waals surface area contributed by atoms with Gasteiger partial charge >= 0.3 is 0 Å². The first-order valence-corrected chi connectivity index (χ1v) is 5.42. The van der Waals surface area contributed by atoms with Crippen molar-refractivity contribution in [3.8, 4) is 0 Å². The number of halogens is 2. The number of rotatable bonds is 4. The van der Waals surface area contributed by atoms with E-state index in [9.17, 15) is 8.78 Å². The van der Waals surface area contributed by atoms with Crippen LogP contribution in [-0.4, -0.2) is 25.1 Å². The second kappa shape index (κ2) is 5.61. The monoisotopic (exact) mass is 206 g/mol. The largest absolute Gasteiger partial charge is 0.329 e. The molecule has 1 rings (SSSR count). The van der Waals surface area contributed by atoms with E-state index in [1.165, 1.54) is 12.8 Å². The van der Waals surface area contributed by atoms with E-state index in [1.54, 1.807) is 0 Å². The van der Waals surface area contributed by atoms with Gasteiger partial charge in [-0.3, -0.25) is 0 Å². The minimum atomic E-state index is -2.28. The molecule has 84 valence electrons. The number of hydrogen-bond donors (Lipinski definition) is 2. The summed E-state index contributed by atoms with van der Waals surface area (Å²) in [6.07, 6.45) is 4.23. The normalized spacial score (nSPS) is 22.3. The predicted octanol–water partition coefficient (Wildman–Crippen LogP) is 1.89. The van der Waals surface area contributed by atoms with Gasteiger partial charge in [0.2, 0.25) is 0 Å². The van der Waals surface area contributed by atoms with Crippen molar-refractivity contribution in [1.82, 2.24) is 5.32 Å². The second-order valence-corrected chi connectivity index (χ2v) is 4.17. The van der Waals surface area contributed by atoms with Crippen molar-refractivity contribution >= 4 is 0 Å². The van der Waals surface area contributed by atoms with Crippen molar-refractivity contribution in [3.63, 3.8) is 0 Å². The van der Waals surface area contributed by atoms with E-state index in [-0.39, 0.29) is 12.1 Å². The van der Waals surface area contributed by atoms with E-state index in [4.69, 9.17) is 5.73 Å². The molecular weight excluding hydrogens is 186 g/mol. The van der Waals surface area contributed by atoms with Crippen LogP contribution in [0.5, 0.6) is 0 Å². The van der Waals surface area contributed by atoms with Crippen molar-refractivity contribution < 1.29 is 8.78 Å². The van der Waals surface area contributed by atoms with E-state index < -0.39 is 6.43 Å². The molecule has 1 fully saturated rings. The van der Waals surface area contributed by atoms with Gasteiger partial charge in [-0.1, -0.05) is 25.7 Å². The Kier molecular flexibility index (Phi) is 4.75. The molecule has 2 nitrogen and oxygen atoms in total. The first-order valence-electron chi connectivity index (χ1n) is 5.42. The highest BCUT2D eigenvalue weighted by Gasteiger charge is 2.29. The Bertz CT molecular complexity index is 154. The summed E-state index contributed by atoms with van der Waals surface area (Å²) in [6, 6.07) is 0. The summed E-state index contributed by atoms with van der Waals surface area (Å²) in [5.41, 5.74) is 5.47. The Morgan fingerprint density at radius 2 is 1.71 bits per heavy atom. The van der Waals surface area contributed by atoms with Crippen LogP contribution in [0.25, 0.3) is 0 Å². The van der Waals surface area contributed by atoms with Crippen LogP contribution in [0.3, 0.4) is 0 Å². The van der Waals surface area contributed by atoms with Crippen molar-refractivity contribution in [3.05, 3.63) is 0 Å². The summed E-state index contributed by atoms with van der Waals surface area (Å²) in [5.74, 6) is 0. The van der Waals surface area contributed by atoms with E-state index in [1.807, 2.05) is 0 Å². The zero-order valence-corrected chi connectivity index (χ0v) is 8.57. The maximum atomic E-state index is 12.1. The van der Waals surface area contributed by atoms with Crippen LogP contribution in [0, 0.1) is 0 Å². The van der Waals surface area contributed by atoms with Gasteiger partial charge in [-0.05, 0) is 12.8 Å². The van der Waals surface area contributed by atoms with Crippen molar-refractivity contribution in [2.75, 3.05) is 13.1 Å². The van der Waals surface area contributed by atoms with Crippen molar-refractivity contribution in [1.29, 1.82) is 0 Å². The molecule has 1 aliphatic rings. The van der Waals surface area contributed by atoms with Crippen LogP contribution in [0.1, 0.15) is 38.5 Å². The number of nitrogens with two attached hydrogens (primary N) is 1.